The predicted molar refractivity (Wildman–Crippen MR) is 93.7 cm³/mol. The van der Waals surface area contributed by atoms with Gasteiger partial charge in [-0.15, -0.1) is 0 Å². The van der Waals surface area contributed by atoms with Gasteiger partial charge < -0.3 is 4.52 Å². The number of aromatic nitrogens is 5. The maximum Gasteiger partial charge on any atom is 0.276 e. The van der Waals surface area contributed by atoms with E-state index in [1.54, 1.807) is 19.1 Å². The van der Waals surface area contributed by atoms with Gasteiger partial charge in [0.2, 0.25) is 5.82 Å². The number of halogens is 3. The van der Waals surface area contributed by atoms with Gasteiger partial charge in [-0.05, 0) is 36.8 Å². The summed E-state index contributed by atoms with van der Waals surface area (Å²) < 4.78 is 31.9. The summed E-state index contributed by atoms with van der Waals surface area (Å²) in [5.74, 6) is -0.750. The van der Waals surface area contributed by atoms with E-state index in [0.29, 0.717) is 28.2 Å². The number of nitrogens with zero attached hydrogens (tertiary/aromatic N) is 5. The van der Waals surface area contributed by atoms with Crippen LogP contribution in [0.2, 0.25) is 5.02 Å². The molecule has 0 radical (unpaired) electrons. The molecule has 9 heteroatoms. The summed E-state index contributed by atoms with van der Waals surface area (Å²) in [6.07, 6.45) is 3.57. The van der Waals surface area contributed by atoms with Gasteiger partial charge in [0, 0.05) is 17.5 Å². The van der Waals surface area contributed by atoms with Crippen LogP contribution in [-0.4, -0.2) is 25.1 Å². The van der Waals surface area contributed by atoms with Crippen LogP contribution in [0, 0.1) is 18.6 Å². The normalized spacial score (nSPS) is 11.0. The Morgan fingerprint density at radius 3 is 2.63 bits per heavy atom. The monoisotopic (exact) mass is 385 g/mol. The first kappa shape index (κ1) is 17.2. The van der Waals surface area contributed by atoms with Crippen LogP contribution in [0.25, 0.3) is 34.2 Å². The average molecular weight is 386 g/mol. The van der Waals surface area contributed by atoms with Crippen LogP contribution in [0.15, 0.2) is 47.4 Å². The molecule has 27 heavy (non-hydrogen) atoms. The highest BCUT2D eigenvalue weighted by molar-refractivity contribution is 6.33. The third-order valence-corrected chi connectivity index (χ3v) is 4.09. The van der Waals surface area contributed by atoms with Gasteiger partial charge in [-0.25, -0.2) is 18.7 Å². The largest absolute Gasteiger partial charge is 0.332 e. The van der Waals surface area contributed by atoms with E-state index in [1.807, 2.05) is 0 Å². The Morgan fingerprint density at radius 2 is 1.85 bits per heavy atom. The smallest absolute Gasteiger partial charge is 0.276 e. The number of hydrogen-bond acceptors (Lipinski definition) is 6. The van der Waals surface area contributed by atoms with Crippen LogP contribution >= 0.6 is 11.6 Å². The quantitative estimate of drug-likeness (QED) is 0.517. The molecular weight excluding hydrogens is 376 g/mol. The summed E-state index contributed by atoms with van der Waals surface area (Å²) in [7, 11) is 0. The molecule has 0 fully saturated rings. The molecule has 0 amide bonds. The van der Waals surface area contributed by atoms with Crippen LogP contribution in [0.5, 0.6) is 0 Å². The zero-order chi connectivity index (χ0) is 19.0. The Hall–Kier alpha value is -3.26. The molecule has 0 N–H and O–H groups in total. The van der Waals surface area contributed by atoms with Crippen molar-refractivity contribution in [1.29, 1.82) is 0 Å². The van der Waals surface area contributed by atoms with E-state index >= 15 is 0 Å². The van der Waals surface area contributed by atoms with Crippen molar-refractivity contribution in [3.8, 4) is 34.2 Å². The molecule has 0 atom stereocenters. The fraction of sp³-hybridized carbons (Fsp3) is 0.0556. The molecule has 0 aliphatic rings. The Bertz CT molecular complexity index is 1130. The van der Waals surface area contributed by atoms with Crippen LogP contribution in [0.3, 0.4) is 0 Å². The number of rotatable bonds is 3. The summed E-state index contributed by atoms with van der Waals surface area (Å²) in [4.78, 5) is 16.4. The van der Waals surface area contributed by atoms with Crippen LogP contribution in [0.4, 0.5) is 8.78 Å². The molecule has 0 bridgehead atoms. The van der Waals surface area contributed by atoms with Crippen LogP contribution in [-0.2, 0) is 0 Å². The first-order chi connectivity index (χ1) is 13.0. The standard InChI is InChI=1S/C18H10ClF2N5O/c1-9-4-10(12-7-22-8-13(21)16(12)19)5-15(24-9)17-25-18(27-26-17)14-3-2-11(20)6-23-14/h2-8H,1H3. The van der Waals surface area contributed by atoms with Gasteiger partial charge in [-0.3, -0.25) is 4.98 Å². The highest BCUT2D eigenvalue weighted by Gasteiger charge is 2.16. The van der Waals surface area contributed by atoms with Gasteiger partial charge in [0.1, 0.15) is 17.2 Å². The van der Waals surface area contributed by atoms with Gasteiger partial charge in [0.15, 0.2) is 5.82 Å². The predicted octanol–water partition coefficient (Wildman–Crippen LogP) is 4.50. The van der Waals surface area contributed by atoms with Gasteiger partial charge in [-0.2, -0.15) is 4.98 Å². The van der Waals surface area contributed by atoms with Crippen LogP contribution in [0.1, 0.15) is 5.69 Å². The third kappa shape index (κ3) is 3.39. The minimum absolute atomic E-state index is 0.0362. The molecular formula is C18H10ClF2N5O. The Kier molecular flexibility index (Phi) is 4.33. The molecule has 134 valence electrons. The minimum atomic E-state index is -0.616. The van der Waals surface area contributed by atoms with Crippen molar-refractivity contribution in [3.05, 3.63) is 65.2 Å². The van der Waals surface area contributed by atoms with E-state index in [2.05, 4.69) is 25.1 Å². The van der Waals surface area contributed by atoms with Gasteiger partial charge >= 0.3 is 0 Å². The van der Waals surface area contributed by atoms with Gasteiger partial charge in [0.25, 0.3) is 5.89 Å². The highest BCUT2D eigenvalue weighted by Crippen LogP contribution is 2.31. The molecule has 4 aromatic heterocycles. The zero-order valence-electron chi connectivity index (χ0n) is 13.8. The number of pyridine rings is 3. The maximum absolute atomic E-state index is 13.7. The van der Waals surface area contributed by atoms with E-state index in [9.17, 15) is 8.78 Å². The van der Waals surface area contributed by atoms with Crippen molar-refractivity contribution >= 4 is 11.6 Å². The zero-order valence-corrected chi connectivity index (χ0v) is 14.6. The minimum Gasteiger partial charge on any atom is -0.332 e. The lowest BCUT2D eigenvalue weighted by molar-refractivity contribution is 0.430. The van der Waals surface area contributed by atoms with Crippen molar-refractivity contribution in [2.75, 3.05) is 0 Å². The molecule has 0 saturated carbocycles. The van der Waals surface area contributed by atoms with E-state index < -0.39 is 11.6 Å². The van der Waals surface area contributed by atoms with Crippen molar-refractivity contribution < 1.29 is 13.3 Å². The Balaban J connectivity index is 1.76. The molecule has 0 unspecified atom stereocenters. The maximum atomic E-state index is 13.7. The summed E-state index contributed by atoms with van der Waals surface area (Å²) in [6, 6.07) is 6.07. The third-order valence-electron chi connectivity index (χ3n) is 3.70. The molecule has 6 nitrogen and oxygen atoms in total. The lowest BCUT2D eigenvalue weighted by Gasteiger charge is -2.07. The first-order valence-corrected chi connectivity index (χ1v) is 8.13. The molecule has 0 aliphatic carbocycles. The summed E-state index contributed by atoms with van der Waals surface area (Å²) in [5, 5.41) is 3.86. The fourth-order valence-corrected chi connectivity index (χ4v) is 2.70. The van der Waals surface area contributed by atoms with Crippen molar-refractivity contribution in [2.24, 2.45) is 0 Å². The second kappa shape index (κ2) is 6.81. The summed E-state index contributed by atoms with van der Waals surface area (Å²) in [5.41, 5.74) is 2.42. The highest BCUT2D eigenvalue weighted by atomic mass is 35.5. The second-order valence-corrected chi connectivity index (χ2v) is 6.03. The average Bonchev–Trinajstić information content (AvgIpc) is 3.14. The number of aryl methyl sites for hydroxylation is 1. The lowest BCUT2D eigenvalue weighted by Crippen LogP contribution is -1.93. The van der Waals surface area contributed by atoms with Crippen molar-refractivity contribution in [3.63, 3.8) is 0 Å². The van der Waals surface area contributed by atoms with E-state index in [0.717, 1.165) is 12.4 Å². The lowest BCUT2D eigenvalue weighted by atomic mass is 10.1. The SMILES string of the molecule is Cc1cc(-c2cncc(F)c2Cl)cc(-c2noc(-c3ccc(F)cn3)n2)n1. The molecule has 4 heterocycles. The van der Waals surface area contributed by atoms with E-state index in [-0.39, 0.29) is 16.7 Å². The van der Waals surface area contributed by atoms with Crippen molar-refractivity contribution in [1.82, 2.24) is 25.1 Å². The van der Waals surface area contributed by atoms with Gasteiger partial charge in [0.05, 0.1) is 17.4 Å². The van der Waals surface area contributed by atoms with Gasteiger partial charge in [-0.1, -0.05) is 16.8 Å². The molecule has 0 aromatic carbocycles. The van der Waals surface area contributed by atoms with Crippen molar-refractivity contribution in [2.45, 2.75) is 6.92 Å². The molecule has 4 rings (SSSR count). The summed E-state index contributed by atoms with van der Waals surface area (Å²) in [6.45, 7) is 1.77. The van der Waals surface area contributed by atoms with E-state index in [1.165, 1.54) is 18.3 Å². The Morgan fingerprint density at radius 1 is 1.00 bits per heavy atom. The summed E-state index contributed by atoms with van der Waals surface area (Å²) >= 11 is 6.05. The molecule has 4 aromatic rings. The fourth-order valence-electron chi connectivity index (χ4n) is 2.49. The first-order valence-electron chi connectivity index (χ1n) is 7.75. The molecule has 0 aliphatic heterocycles. The topological polar surface area (TPSA) is 77.6 Å². The number of hydrogen-bond donors (Lipinski definition) is 0. The molecule has 0 spiro atoms. The van der Waals surface area contributed by atoms with E-state index in [4.69, 9.17) is 16.1 Å². The second-order valence-electron chi connectivity index (χ2n) is 5.65. The Labute approximate surface area is 156 Å². The van der Waals surface area contributed by atoms with Crippen LogP contribution < -0.4 is 0 Å². The molecule has 0 saturated heterocycles.